The van der Waals surface area contributed by atoms with Gasteiger partial charge in [-0.05, 0) is 68.2 Å². The highest BCUT2D eigenvalue weighted by Crippen LogP contribution is 2.47. The van der Waals surface area contributed by atoms with Gasteiger partial charge in [0, 0.05) is 16.9 Å². The van der Waals surface area contributed by atoms with Gasteiger partial charge < -0.3 is 11.1 Å². The summed E-state index contributed by atoms with van der Waals surface area (Å²) in [5.41, 5.74) is 8.33. The van der Waals surface area contributed by atoms with E-state index in [0.717, 1.165) is 17.5 Å². The van der Waals surface area contributed by atoms with Crippen molar-refractivity contribution >= 4 is 11.4 Å². The second kappa shape index (κ2) is 8.27. The molecule has 0 saturated heterocycles. The highest BCUT2D eigenvalue weighted by molar-refractivity contribution is 5.53. The van der Waals surface area contributed by atoms with Crippen LogP contribution in [0, 0.1) is 11.8 Å². The van der Waals surface area contributed by atoms with E-state index in [1.54, 1.807) is 0 Å². The number of rotatable bonds is 6. The van der Waals surface area contributed by atoms with Crippen LogP contribution >= 0.6 is 0 Å². The largest absolute Gasteiger partial charge is 0.399 e. The second-order valence-corrected chi connectivity index (χ2v) is 8.21. The Hall–Kier alpha value is -1.18. The van der Waals surface area contributed by atoms with Crippen LogP contribution in [-0.2, 0) is 0 Å². The number of hydrogen-bond acceptors (Lipinski definition) is 2. The Balaban J connectivity index is 1.90. The minimum Gasteiger partial charge on any atom is -0.399 e. The van der Waals surface area contributed by atoms with Gasteiger partial charge in [0.15, 0.2) is 0 Å². The molecule has 0 unspecified atom stereocenters. The molecule has 3 rings (SSSR count). The summed E-state index contributed by atoms with van der Waals surface area (Å²) in [6, 6.07) is 8.46. The van der Waals surface area contributed by atoms with E-state index in [1.165, 1.54) is 82.7 Å². The molecule has 24 heavy (non-hydrogen) atoms. The van der Waals surface area contributed by atoms with Gasteiger partial charge in [-0.15, -0.1) is 0 Å². The highest BCUT2D eigenvalue weighted by atomic mass is 15.0. The van der Waals surface area contributed by atoms with Crippen LogP contribution in [0.2, 0.25) is 0 Å². The zero-order valence-corrected chi connectivity index (χ0v) is 15.5. The molecule has 134 valence electrons. The molecule has 2 nitrogen and oxygen atoms in total. The molecule has 0 radical (unpaired) electrons. The van der Waals surface area contributed by atoms with Crippen LogP contribution in [0.3, 0.4) is 0 Å². The maximum absolute atomic E-state index is 5.91. The fraction of sp³-hybridized carbons (Fsp3) is 0.727. The molecular weight excluding hydrogens is 292 g/mol. The Labute approximate surface area is 148 Å². The Kier molecular flexibility index (Phi) is 6.08. The normalized spacial score (nSPS) is 20.9. The molecule has 2 aliphatic rings. The van der Waals surface area contributed by atoms with E-state index in [9.17, 15) is 0 Å². The molecule has 0 spiro atoms. The lowest BCUT2D eigenvalue weighted by Gasteiger charge is -2.50. The molecule has 2 aliphatic carbocycles. The lowest BCUT2D eigenvalue weighted by molar-refractivity contribution is 0.114. The van der Waals surface area contributed by atoms with E-state index in [-0.39, 0.29) is 0 Å². The van der Waals surface area contributed by atoms with Gasteiger partial charge in [-0.3, -0.25) is 0 Å². The van der Waals surface area contributed by atoms with Gasteiger partial charge in [0.05, 0.1) is 0 Å². The first-order valence-corrected chi connectivity index (χ1v) is 10.4. The first-order chi connectivity index (χ1) is 11.7. The Morgan fingerprint density at radius 2 is 1.38 bits per heavy atom. The van der Waals surface area contributed by atoms with Crippen LogP contribution in [0.5, 0.6) is 0 Å². The molecule has 0 aromatic heterocycles. The fourth-order valence-corrected chi connectivity index (χ4v) is 5.49. The zero-order chi connectivity index (χ0) is 16.8. The molecule has 0 bridgehead atoms. The summed E-state index contributed by atoms with van der Waals surface area (Å²) in [5, 5.41) is 4.10. The SMILES string of the molecule is CCCC(Nc1ccc(N)cc1)(C1CCCCC1)C1CCCCC1. The fourth-order valence-electron chi connectivity index (χ4n) is 5.49. The Morgan fingerprint density at radius 3 is 1.83 bits per heavy atom. The summed E-state index contributed by atoms with van der Waals surface area (Å²) < 4.78 is 0. The molecular formula is C22H36N2. The quantitative estimate of drug-likeness (QED) is 0.594. The van der Waals surface area contributed by atoms with E-state index in [1.807, 2.05) is 12.1 Å². The summed E-state index contributed by atoms with van der Waals surface area (Å²) in [6.07, 6.45) is 16.8. The summed E-state index contributed by atoms with van der Waals surface area (Å²) >= 11 is 0. The zero-order valence-electron chi connectivity index (χ0n) is 15.5. The summed E-state index contributed by atoms with van der Waals surface area (Å²) in [6.45, 7) is 2.37. The Morgan fingerprint density at radius 1 is 0.875 bits per heavy atom. The third-order valence-electron chi connectivity index (χ3n) is 6.62. The molecule has 2 saturated carbocycles. The smallest absolute Gasteiger partial charge is 0.0429 e. The third kappa shape index (κ3) is 3.90. The van der Waals surface area contributed by atoms with Crippen molar-refractivity contribution in [3.63, 3.8) is 0 Å². The van der Waals surface area contributed by atoms with Gasteiger partial charge >= 0.3 is 0 Å². The lowest BCUT2D eigenvalue weighted by Crippen LogP contribution is -2.53. The highest BCUT2D eigenvalue weighted by Gasteiger charge is 2.44. The van der Waals surface area contributed by atoms with Crippen molar-refractivity contribution in [3.8, 4) is 0 Å². The van der Waals surface area contributed by atoms with Crippen molar-refractivity contribution in [2.45, 2.75) is 89.5 Å². The van der Waals surface area contributed by atoms with Gasteiger partial charge in [-0.25, -0.2) is 0 Å². The van der Waals surface area contributed by atoms with E-state index in [0.29, 0.717) is 5.54 Å². The van der Waals surface area contributed by atoms with Crippen molar-refractivity contribution in [1.82, 2.24) is 0 Å². The maximum Gasteiger partial charge on any atom is 0.0429 e. The monoisotopic (exact) mass is 328 g/mol. The van der Waals surface area contributed by atoms with Crippen molar-refractivity contribution in [2.24, 2.45) is 11.8 Å². The molecule has 1 aromatic rings. The standard InChI is InChI=1S/C22H36N2/c1-2-17-22(18-9-5-3-6-10-18,19-11-7-4-8-12-19)24-21-15-13-20(23)14-16-21/h13-16,18-19,24H,2-12,17,23H2,1H3. The number of hydrogen-bond donors (Lipinski definition) is 2. The van der Waals surface area contributed by atoms with Gasteiger partial charge in [-0.2, -0.15) is 0 Å². The first kappa shape index (κ1) is 17.6. The molecule has 0 heterocycles. The van der Waals surface area contributed by atoms with Gasteiger partial charge in [-0.1, -0.05) is 51.9 Å². The predicted octanol–water partition coefficient (Wildman–Crippen LogP) is 6.38. The molecule has 0 amide bonds. The number of nitrogens with one attached hydrogen (secondary N) is 1. The molecule has 0 atom stereocenters. The van der Waals surface area contributed by atoms with Crippen molar-refractivity contribution in [1.29, 1.82) is 0 Å². The molecule has 2 heteroatoms. The molecule has 3 N–H and O–H groups in total. The maximum atomic E-state index is 5.91. The number of nitrogens with two attached hydrogens (primary N) is 1. The van der Waals surface area contributed by atoms with E-state index in [2.05, 4.69) is 24.4 Å². The summed E-state index contributed by atoms with van der Waals surface area (Å²) in [5.74, 6) is 1.68. The third-order valence-corrected chi connectivity index (χ3v) is 6.62. The minimum atomic E-state index is 0.297. The number of anilines is 2. The van der Waals surface area contributed by atoms with Crippen molar-refractivity contribution in [3.05, 3.63) is 24.3 Å². The average molecular weight is 329 g/mol. The Bertz CT molecular complexity index is 463. The molecule has 2 fully saturated rings. The van der Waals surface area contributed by atoms with E-state index in [4.69, 9.17) is 5.73 Å². The van der Waals surface area contributed by atoms with E-state index < -0.39 is 0 Å². The average Bonchev–Trinajstić information content (AvgIpc) is 2.64. The minimum absolute atomic E-state index is 0.297. The van der Waals surface area contributed by atoms with Crippen LogP contribution in [-0.4, -0.2) is 5.54 Å². The summed E-state index contributed by atoms with van der Waals surface area (Å²) in [4.78, 5) is 0. The van der Waals surface area contributed by atoms with Crippen LogP contribution in [0.4, 0.5) is 11.4 Å². The topological polar surface area (TPSA) is 38.0 Å². The molecule has 0 aliphatic heterocycles. The summed E-state index contributed by atoms with van der Waals surface area (Å²) in [7, 11) is 0. The lowest BCUT2D eigenvalue weighted by atomic mass is 9.62. The number of benzene rings is 1. The number of nitrogen functional groups attached to an aromatic ring is 1. The van der Waals surface area contributed by atoms with Gasteiger partial charge in [0.2, 0.25) is 0 Å². The molecule has 1 aromatic carbocycles. The van der Waals surface area contributed by atoms with Crippen molar-refractivity contribution in [2.75, 3.05) is 11.1 Å². The van der Waals surface area contributed by atoms with Gasteiger partial charge in [0.25, 0.3) is 0 Å². The second-order valence-electron chi connectivity index (χ2n) is 8.21. The van der Waals surface area contributed by atoms with Crippen LogP contribution in [0.15, 0.2) is 24.3 Å². The van der Waals surface area contributed by atoms with Gasteiger partial charge in [0.1, 0.15) is 0 Å². The van der Waals surface area contributed by atoms with Crippen LogP contribution in [0.1, 0.15) is 84.0 Å². The first-order valence-electron chi connectivity index (χ1n) is 10.4. The van der Waals surface area contributed by atoms with Crippen LogP contribution in [0.25, 0.3) is 0 Å². The van der Waals surface area contributed by atoms with Crippen molar-refractivity contribution < 1.29 is 0 Å². The predicted molar refractivity (Wildman–Crippen MR) is 105 cm³/mol. The van der Waals surface area contributed by atoms with Crippen LogP contribution < -0.4 is 11.1 Å². The van der Waals surface area contributed by atoms with E-state index >= 15 is 0 Å².